The van der Waals surface area contributed by atoms with Crippen LogP contribution in [0.5, 0.6) is 5.75 Å². The first-order chi connectivity index (χ1) is 16.4. The van der Waals surface area contributed by atoms with E-state index >= 15 is 0 Å². The molecule has 7 nitrogen and oxygen atoms in total. The number of halogens is 2. The molecule has 0 fully saturated rings. The quantitative estimate of drug-likeness (QED) is 0.283. The Kier molecular flexibility index (Phi) is 7.70. The van der Waals surface area contributed by atoms with Crippen molar-refractivity contribution in [2.75, 3.05) is 17.7 Å². The van der Waals surface area contributed by atoms with E-state index in [4.69, 9.17) is 32.7 Å². The van der Waals surface area contributed by atoms with Gasteiger partial charge in [-0.1, -0.05) is 60.1 Å². The smallest absolute Gasteiger partial charge is 0.338 e. The van der Waals surface area contributed by atoms with Gasteiger partial charge >= 0.3 is 5.97 Å². The van der Waals surface area contributed by atoms with Gasteiger partial charge < -0.3 is 14.8 Å². The Morgan fingerprint density at radius 3 is 2.50 bits per heavy atom. The maximum atomic E-state index is 12.9. The van der Waals surface area contributed by atoms with Crippen LogP contribution in [-0.2, 0) is 16.1 Å². The summed E-state index contributed by atoms with van der Waals surface area (Å²) < 4.78 is 13.0. The van der Waals surface area contributed by atoms with Gasteiger partial charge in [0.15, 0.2) is 0 Å². The molecular weight excluding hydrogens is 495 g/mol. The molecule has 2 heterocycles. The predicted molar refractivity (Wildman–Crippen MR) is 135 cm³/mol. The zero-order chi connectivity index (χ0) is 24.2. The summed E-state index contributed by atoms with van der Waals surface area (Å²) in [5.74, 6) is 1.68. The fraction of sp³-hybridized carbons (Fsp3) is 0.292. The SMILES string of the molecule is CCOC(=O)C1=C(C)Nc2nc(SCC)nn2C1c1ccc(OCc2c(Cl)cccc2Cl)cc1. The summed E-state index contributed by atoms with van der Waals surface area (Å²) in [6, 6.07) is 12.4. The van der Waals surface area contributed by atoms with Crippen LogP contribution in [0.1, 0.15) is 37.9 Å². The van der Waals surface area contributed by atoms with Crippen molar-refractivity contribution in [3.8, 4) is 5.75 Å². The van der Waals surface area contributed by atoms with Gasteiger partial charge in [0, 0.05) is 21.3 Å². The van der Waals surface area contributed by atoms with Gasteiger partial charge in [0.05, 0.1) is 12.2 Å². The topological polar surface area (TPSA) is 78.3 Å². The molecule has 178 valence electrons. The lowest BCUT2D eigenvalue weighted by molar-refractivity contribution is -0.139. The minimum atomic E-state index is -0.485. The van der Waals surface area contributed by atoms with Crippen molar-refractivity contribution in [3.63, 3.8) is 0 Å². The van der Waals surface area contributed by atoms with Gasteiger partial charge in [0.1, 0.15) is 18.4 Å². The fourth-order valence-corrected chi connectivity index (χ4v) is 4.74. The van der Waals surface area contributed by atoms with Gasteiger partial charge in [-0.15, -0.1) is 5.10 Å². The number of carbonyl (C=O) groups is 1. The van der Waals surface area contributed by atoms with Crippen LogP contribution in [0.2, 0.25) is 10.0 Å². The van der Waals surface area contributed by atoms with Crippen LogP contribution in [0, 0.1) is 0 Å². The van der Waals surface area contributed by atoms with E-state index in [0.717, 1.165) is 16.9 Å². The average molecular weight is 519 g/mol. The second-order valence-corrected chi connectivity index (χ2v) is 9.49. The zero-order valence-corrected chi connectivity index (χ0v) is 21.3. The molecule has 3 aromatic rings. The molecule has 1 N–H and O–H groups in total. The van der Waals surface area contributed by atoms with E-state index in [1.807, 2.05) is 38.1 Å². The number of thioether (sulfide) groups is 1. The lowest BCUT2D eigenvalue weighted by Gasteiger charge is -2.28. The van der Waals surface area contributed by atoms with Crippen LogP contribution in [0.4, 0.5) is 5.95 Å². The second kappa shape index (κ2) is 10.7. The lowest BCUT2D eigenvalue weighted by atomic mass is 9.96. The maximum absolute atomic E-state index is 12.9. The summed E-state index contributed by atoms with van der Waals surface area (Å²) in [5, 5.41) is 9.59. The minimum absolute atomic E-state index is 0.239. The highest BCUT2D eigenvalue weighted by atomic mass is 35.5. The van der Waals surface area contributed by atoms with Crippen LogP contribution in [0.3, 0.4) is 0 Å². The van der Waals surface area contributed by atoms with Crippen molar-refractivity contribution in [3.05, 3.63) is 74.9 Å². The van der Waals surface area contributed by atoms with Crippen molar-refractivity contribution in [2.45, 2.75) is 38.6 Å². The molecule has 0 spiro atoms. The molecular formula is C24H24Cl2N4O3S. The van der Waals surface area contributed by atoms with Crippen molar-refractivity contribution >= 4 is 46.9 Å². The Bertz CT molecular complexity index is 1210. The van der Waals surface area contributed by atoms with Gasteiger partial charge in [-0.2, -0.15) is 4.98 Å². The number of carbonyl (C=O) groups excluding carboxylic acids is 1. The lowest BCUT2D eigenvalue weighted by Crippen LogP contribution is -2.29. The molecule has 0 saturated carbocycles. The predicted octanol–water partition coefficient (Wildman–Crippen LogP) is 6.13. The first-order valence-electron chi connectivity index (χ1n) is 10.8. The molecule has 1 aliphatic rings. The zero-order valence-electron chi connectivity index (χ0n) is 19.0. The highest BCUT2D eigenvalue weighted by molar-refractivity contribution is 7.99. The molecule has 0 amide bonds. The first-order valence-corrected chi connectivity index (χ1v) is 12.6. The van der Waals surface area contributed by atoms with Crippen LogP contribution >= 0.6 is 35.0 Å². The fourth-order valence-electron chi connectivity index (χ4n) is 3.68. The Morgan fingerprint density at radius 2 is 1.85 bits per heavy atom. The molecule has 0 bridgehead atoms. The third kappa shape index (κ3) is 5.04. The number of rotatable bonds is 8. The van der Waals surface area contributed by atoms with Gasteiger partial charge in [-0.25, -0.2) is 9.48 Å². The molecule has 0 saturated heterocycles. The number of hydrogen-bond donors (Lipinski definition) is 1. The second-order valence-electron chi connectivity index (χ2n) is 7.44. The van der Waals surface area contributed by atoms with Crippen molar-refractivity contribution in [1.29, 1.82) is 0 Å². The van der Waals surface area contributed by atoms with Crippen LogP contribution in [-0.4, -0.2) is 33.1 Å². The number of ether oxygens (including phenoxy) is 2. The summed E-state index contributed by atoms with van der Waals surface area (Å²) in [7, 11) is 0. The number of aromatic nitrogens is 3. The van der Waals surface area contributed by atoms with Crippen LogP contribution in [0.15, 0.2) is 58.9 Å². The van der Waals surface area contributed by atoms with Crippen LogP contribution < -0.4 is 10.1 Å². The number of anilines is 1. The van der Waals surface area contributed by atoms with Crippen LogP contribution in [0.25, 0.3) is 0 Å². The van der Waals surface area contributed by atoms with E-state index in [9.17, 15) is 4.79 Å². The molecule has 1 atom stereocenters. The van der Waals surface area contributed by atoms with E-state index < -0.39 is 12.0 Å². The molecule has 1 aromatic heterocycles. The Hall–Kier alpha value is -2.68. The largest absolute Gasteiger partial charge is 0.489 e. The van der Waals surface area contributed by atoms with Crippen molar-refractivity contribution in [2.24, 2.45) is 0 Å². The van der Waals surface area contributed by atoms with Gasteiger partial charge in [-0.3, -0.25) is 0 Å². The standard InChI is InChI=1S/C24H24Cl2N4O3S/c1-4-32-22(31)20-14(3)27-23-28-24(34-5-2)29-30(23)21(20)15-9-11-16(12-10-15)33-13-17-18(25)7-6-8-19(17)26/h6-12,21H,4-5,13H2,1-3H3,(H,27,28,29). The molecule has 34 heavy (non-hydrogen) atoms. The van der Waals surface area contributed by atoms with E-state index in [1.165, 1.54) is 11.8 Å². The highest BCUT2D eigenvalue weighted by Crippen LogP contribution is 2.37. The Labute approximate surface area is 212 Å². The van der Waals surface area contributed by atoms with Gasteiger partial charge in [0.25, 0.3) is 0 Å². The average Bonchev–Trinajstić information content (AvgIpc) is 3.20. The third-order valence-electron chi connectivity index (χ3n) is 5.24. The normalized spacial score (nSPS) is 15.0. The molecule has 10 heteroatoms. The number of nitrogens with one attached hydrogen (secondary N) is 1. The maximum Gasteiger partial charge on any atom is 0.338 e. The Balaban J connectivity index is 1.64. The molecule has 4 rings (SSSR count). The van der Waals surface area contributed by atoms with Gasteiger partial charge in [0.2, 0.25) is 11.1 Å². The number of fused-ring (bicyclic) bond motifs is 1. The highest BCUT2D eigenvalue weighted by Gasteiger charge is 2.35. The van der Waals surface area contributed by atoms with E-state index in [0.29, 0.717) is 38.2 Å². The number of benzene rings is 2. The third-order valence-corrected chi connectivity index (χ3v) is 6.67. The molecule has 0 radical (unpaired) electrons. The van der Waals surface area contributed by atoms with E-state index in [2.05, 4.69) is 15.4 Å². The van der Waals surface area contributed by atoms with Gasteiger partial charge in [-0.05, 0) is 49.4 Å². The van der Waals surface area contributed by atoms with Crippen molar-refractivity contribution < 1.29 is 14.3 Å². The number of esters is 1. The molecule has 2 aromatic carbocycles. The minimum Gasteiger partial charge on any atom is -0.489 e. The summed E-state index contributed by atoms with van der Waals surface area (Å²) >= 11 is 14.0. The number of nitrogens with zero attached hydrogens (tertiary/aromatic N) is 3. The monoisotopic (exact) mass is 518 g/mol. The van der Waals surface area contributed by atoms with E-state index in [1.54, 1.807) is 29.8 Å². The Morgan fingerprint density at radius 1 is 1.15 bits per heavy atom. The summed E-state index contributed by atoms with van der Waals surface area (Å²) in [4.78, 5) is 17.5. The summed E-state index contributed by atoms with van der Waals surface area (Å²) in [6.45, 7) is 6.18. The van der Waals surface area contributed by atoms with E-state index in [-0.39, 0.29) is 13.2 Å². The first kappa shape index (κ1) is 24.4. The summed E-state index contributed by atoms with van der Waals surface area (Å²) in [5.41, 5.74) is 2.75. The number of hydrogen-bond acceptors (Lipinski definition) is 7. The number of allylic oxidation sites excluding steroid dienone is 1. The summed E-state index contributed by atoms with van der Waals surface area (Å²) in [6.07, 6.45) is 0. The molecule has 1 unspecified atom stereocenters. The molecule has 1 aliphatic heterocycles. The van der Waals surface area contributed by atoms with Crippen molar-refractivity contribution in [1.82, 2.24) is 14.8 Å². The molecule has 0 aliphatic carbocycles.